The van der Waals surface area contributed by atoms with Gasteiger partial charge in [-0.15, -0.1) is 0 Å². The zero-order valence-corrected chi connectivity index (χ0v) is 11.7. The van der Waals surface area contributed by atoms with Crippen molar-refractivity contribution in [3.05, 3.63) is 29.3 Å². The van der Waals surface area contributed by atoms with E-state index in [0.717, 1.165) is 6.07 Å². The van der Waals surface area contributed by atoms with Gasteiger partial charge < -0.3 is 14.7 Å². The van der Waals surface area contributed by atoms with Gasteiger partial charge in [0, 0.05) is 6.54 Å². The first-order valence-corrected chi connectivity index (χ1v) is 6.43. The third kappa shape index (κ3) is 3.12. The van der Waals surface area contributed by atoms with Crippen LogP contribution in [-0.2, 0) is 10.9 Å². The van der Waals surface area contributed by atoms with E-state index in [9.17, 15) is 23.1 Å². The molecule has 0 unspecified atom stereocenters. The van der Waals surface area contributed by atoms with Crippen LogP contribution in [0.3, 0.4) is 0 Å². The van der Waals surface area contributed by atoms with Gasteiger partial charge in [-0.3, -0.25) is 0 Å². The lowest BCUT2D eigenvalue weighted by atomic mass is 9.98. The topological polar surface area (TPSA) is 49.8 Å². The summed E-state index contributed by atoms with van der Waals surface area (Å²) in [7, 11) is 0. The summed E-state index contributed by atoms with van der Waals surface area (Å²) in [5.74, 6) is -1.38. The second kappa shape index (κ2) is 5.22. The van der Waals surface area contributed by atoms with Crippen LogP contribution in [0.25, 0.3) is 0 Å². The van der Waals surface area contributed by atoms with E-state index < -0.39 is 23.2 Å². The lowest BCUT2D eigenvalue weighted by molar-refractivity contribution is -0.137. The Morgan fingerprint density at radius 1 is 1.38 bits per heavy atom. The average molecular weight is 303 g/mol. The van der Waals surface area contributed by atoms with Gasteiger partial charge in [0.25, 0.3) is 0 Å². The molecular weight excluding hydrogens is 287 g/mol. The Balaban J connectivity index is 2.51. The van der Waals surface area contributed by atoms with E-state index in [4.69, 9.17) is 4.74 Å². The molecule has 2 rings (SSSR count). The number of ether oxygens (including phenoxy) is 1. The molecule has 116 valence electrons. The van der Waals surface area contributed by atoms with Crippen molar-refractivity contribution >= 4 is 11.7 Å². The molecule has 0 atom stereocenters. The third-order valence-electron chi connectivity index (χ3n) is 3.49. The maximum absolute atomic E-state index is 12.7. The van der Waals surface area contributed by atoms with Crippen LogP contribution in [0.4, 0.5) is 18.9 Å². The van der Waals surface area contributed by atoms with E-state index in [1.54, 1.807) is 4.90 Å². The molecular formula is C14H16F3NO3. The summed E-state index contributed by atoms with van der Waals surface area (Å²) >= 11 is 0. The Morgan fingerprint density at radius 2 is 2.05 bits per heavy atom. The maximum Gasteiger partial charge on any atom is 0.416 e. The minimum Gasteiger partial charge on any atom is -0.478 e. The normalized spacial score (nSPS) is 18.6. The molecule has 7 heteroatoms. The van der Waals surface area contributed by atoms with Crippen LogP contribution >= 0.6 is 0 Å². The van der Waals surface area contributed by atoms with Gasteiger partial charge in [-0.25, -0.2) is 4.79 Å². The van der Waals surface area contributed by atoms with Gasteiger partial charge in [-0.1, -0.05) is 0 Å². The summed E-state index contributed by atoms with van der Waals surface area (Å²) in [5.41, 5.74) is -1.51. The molecule has 0 radical (unpaired) electrons. The largest absolute Gasteiger partial charge is 0.478 e. The van der Waals surface area contributed by atoms with E-state index in [-0.39, 0.29) is 11.3 Å². The third-order valence-corrected chi connectivity index (χ3v) is 3.49. The highest BCUT2D eigenvalue weighted by atomic mass is 19.4. The molecule has 1 heterocycles. The molecule has 1 saturated heterocycles. The number of carboxylic acid groups (broad SMARTS) is 1. The highest BCUT2D eigenvalue weighted by Gasteiger charge is 2.36. The molecule has 0 spiro atoms. The highest BCUT2D eigenvalue weighted by molar-refractivity contribution is 5.95. The number of anilines is 1. The number of aromatic carboxylic acids is 1. The molecule has 21 heavy (non-hydrogen) atoms. The van der Waals surface area contributed by atoms with E-state index in [1.807, 2.05) is 13.8 Å². The van der Waals surface area contributed by atoms with E-state index in [1.165, 1.54) is 6.07 Å². The Kier molecular flexibility index (Phi) is 3.88. The van der Waals surface area contributed by atoms with Crippen LogP contribution in [0.2, 0.25) is 0 Å². The number of rotatable bonds is 2. The molecule has 1 aliphatic rings. The molecule has 1 fully saturated rings. The smallest absolute Gasteiger partial charge is 0.416 e. The van der Waals surface area contributed by atoms with Crippen LogP contribution in [0.5, 0.6) is 0 Å². The molecule has 4 nitrogen and oxygen atoms in total. The second-order valence-corrected chi connectivity index (χ2v) is 5.55. The SMILES string of the molecule is CC1(C)COCCN1c1ccc(C(F)(F)F)cc1C(=O)O. The Morgan fingerprint density at radius 3 is 2.57 bits per heavy atom. The van der Waals surface area contributed by atoms with Crippen LogP contribution in [-0.4, -0.2) is 36.4 Å². The van der Waals surface area contributed by atoms with E-state index in [0.29, 0.717) is 25.8 Å². The van der Waals surface area contributed by atoms with Crippen molar-refractivity contribution in [3.8, 4) is 0 Å². The molecule has 1 aromatic rings. The second-order valence-electron chi connectivity index (χ2n) is 5.55. The Labute approximate surface area is 120 Å². The lowest BCUT2D eigenvalue weighted by Crippen LogP contribution is -2.53. The van der Waals surface area contributed by atoms with Gasteiger partial charge in [-0.2, -0.15) is 13.2 Å². The highest BCUT2D eigenvalue weighted by Crippen LogP contribution is 2.35. The fourth-order valence-electron chi connectivity index (χ4n) is 2.42. The van der Waals surface area contributed by atoms with Crippen molar-refractivity contribution < 1.29 is 27.8 Å². The van der Waals surface area contributed by atoms with Gasteiger partial charge in [0.1, 0.15) is 0 Å². The van der Waals surface area contributed by atoms with Gasteiger partial charge in [0.2, 0.25) is 0 Å². The minimum absolute atomic E-state index is 0.281. The van der Waals surface area contributed by atoms with Gasteiger partial charge >= 0.3 is 12.1 Å². The summed E-state index contributed by atoms with van der Waals surface area (Å²) in [6.45, 7) is 4.93. The van der Waals surface area contributed by atoms with E-state index in [2.05, 4.69) is 0 Å². The first-order valence-electron chi connectivity index (χ1n) is 6.43. The first kappa shape index (κ1) is 15.6. The minimum atomic E-state index is -4.57. The summed E-state index contributed by atoms with van der Waals surface area (Å²) in [5, 5.41) is 9.23. The van der Waals surface area contributed by atoms with Crippen LogP contribution in [0, 0.1) is 0 Å². The monoisotopic (exact) mass is 303 g/mol. The first-order chi connectivity index (χ1) is 9.63. The van der Waals surface area contributed by atoms with Crippen molar-refractivity contribution in [3.63, 3.8) is 0 Å². The number of benzene rings is 1. The maximum atomic E-state index is 12.7. The molecule has 0 aliphatic carbocycles. The van der Waals surface area contributed by atoms with Crippen molar-refractivity contribution in [2.45, 2.75) is 25.6 Å². The Bertz CT molecular complexity index is 555. The summed E-state index contributed by atoms with van der Waals surface area (Å²) in [6, 6.07) is 2.82. The summed E-state index contributed by atoms with van der Waals surface area (Å²) < 4.78 is 43.5. The molecule has 1 aliphatic heterocycles. The lowest BCUT2D eigenvalue weighted by Gasteiger charge is -2.44. The average Bonchev–Trinajstić information content (AvgIpc) is 2.36. The molecule has 0 aromatic heterocycles. The zero-order chi connectivity index (χ0) is 15.8. The van der Waals surface area contributed by atoms with Crippen LogP contribution in [0.15, 0.2) is 18.2 Å². The standard InChI is InChI=1S/C14H16F3NO3/c1-13(2)8-21-6-5-18(13)11-4-3-9(14(15,16)17)7-10(11)12(19)20/h3-4,7H,5-6,8H2,1-2H3,(H,19,20). The van der Waals surface area contributed by atoms with Gasteiger partial charge in [0.05, 0.1) is 35.6 Å². The number of alkyl halides is 3. The van der Waals surface area contributed by atoms with Crippen molar-refractivity contribution in [2.75, 3.05) is 24.7 Å². The number of hydrogen-bond acceptors (Lipinski definition) is 3. The number of halogens is 3. The van der Waals surface area contributed by atoms with Crippen LogP contribution in [0.1, 0.15) is 29.8 Å². The summed E-state index contributed by atoms with van der Waals surface area (Å²) in [6.07, 6.45) is -4.57. The fourth-order valence-corrected chi connectivity index (χ4v) is 2.42. The molecule has 0 saturated carbocycles. The molecule has 0 amide bonds. The number of morpholine rings is 1. The number of carbonyl (C=O) groups is 1. The molecule has 1 aromatic carbocycles. The van der Waals surface area contributed by atoms with E-state index >= 15 is 0 Å². The zero-order valence-electron chi connectivity index (χ0n) is 11.7. The molecule has 1 N–H and O–H groups in total. The fraction of sp³-hybridized carbons (Fsp3) is 0.500. The quantitative estimate of drug-likeness (QED) is 0.912. The number of carboxylic acids is 1. The van der Waals surface area contributed by atoms with Crippen molar-refractivity contribution in [2.24, 2.45) is 0 Å². The Hall–Kier alpha value is -1.76. The number of hydrogen-bond donors (Lipinski definition) is 1. The van der Waals surface area contributed by atoms with Gasteiger partial charge in [0.15, 0.2) is 0 Å². The van der Waals surface area contributed by atoms with Crippen molar-refractivity contribution in [1.82, 2.24) is 0 Å². The summed E-state index contributed by atoms with van der Waals surface area (Å²) in [4.78, 5) is 13.1. The predicted molar refractivity (Wildman–Crippen MR) is 70.6 cm³/mol. The molecule has 0 bridgehead atoms. The predicted octanol–water partition coefficient (Wildman–Crippen LogP) is 3.02. The van der Waals surface area contributed by atoms with Crippen LogP contribution < -0.4 is 4.90 Å². The van der Waals surface area contributed by atoms with Crippen molar-refractivity contribution in [1.29, 1.82) is 0 Å². The number of nitrogens with zero attached hydrogens (tertiary/aromatic N) is 1. The van der Waals surface area contributed by atoms with Gasteiger partial charge in [-0.05, 0) is 32.0 Å².